The van der Waals surface area contributed by atoms with E-state index in [1.807, 2.05) is 0 Å². The number of ether oxygens (including phenoxy) is 2. The number of hydrogen-bond donors (Lipinski definition) is 2. The second kappa shape index (κ2) is 8.48. The van der Waals surface area contributed by atoms with E-state index in [4.69, 9.17) is 9.47 Å². The van der Waals surface area contributed by atoms with Gasteiger partial charge in [0.1, 0.15) is 0 Å². The molecule has 1 unspecified atom stereocenters. The number of nitrogens with zero attached hydrogens (tertiary/aromatic N) is 1. The maximum atomic E-state index is 12.6. The zero-order valence-corrected chi connectivity index (χ0v) is 14.9. The number of aromatic nitrogens is 1. The van der Waals surface area contributed by atoms with Crippen molar-refractivity contribution in [1.82, 2.24) is 5.32 Å². The first-order valence-corrected chi connectivity index (χ1v) is 8.29. The highest BCUT2D eigenvalue weighted by molar-refractivity contribution is 5.99. The summed E-state index contributed by atoms with van der Waals surface area (Å²) in [5.41, 5.74) is 1.35. The Balaban J connectivity index is 2.68. The molecule has 0 aromatic carbocycles. The summed E-state index contributed by atoms with van der Waals surface area (Å²) in [5, 5.41) is 24.3. The standard InChI is InChI=1S/C18H22N2O6/c1-4-25-17(22)14-11(3)19-13(10-21)16(18(23)26-5-2)15(14)12-7-6-8-20(24)9-12/h6-9,15,19,21H,4-5,10H2,1-3H3. The fourth-order valence-electron chi connectivity index (χ4n) is 2.93. The van der Waals surface area contributed by atoms with Gasteiger partial charge in [0.15, 0.2) is 12.4 Å². The maximum absolute atomic E-state index is 12.6. The van der Waals surface area contributed by atoms with Gasteiger partial charge in [0.25, 0.3) is 0 Å². The fraction of sp³-hybridized carbons (Fsp3) is 0.389. The number of allylic oxidation sites excluding steroid dienone is 1. The van der Waals surface area contributed by atoms with Gasteiger partial charge in [0.2, 0.25) is 0 Å². The molecule has 2 rings (SSSR count). The highest BCUT2D eigenvalue weighted by atomic mass is 16.5. The maximum Gasteiger partial charge on any atom is 0.336 e. The molecule has 1 aliphatic heterocycles. The van der Waals surface area contributed by atoms with Gasteiger partial charge in [-0.25, -0.2) is 9.59 Å². The van der Waals surface area contributed by atoms with Crippen LogP contribution in [0.15, 0.2) is 47.1 Å². The molecular weight excluding hydrogens is 340 g/mol. The Morgan fingerprint density at radius 1 is 1.23 bits per heavy atom. The molecule has 0 spiro atoms. The summed E-state index contributed by atoms with van der Waals surface area (Å²) in [4.78, 5) is 25.1. The first-order valence-electron chi connectivity index (χ1n) is 8.29. The van der Waals surface area contributed by atoms with E-state index >= 15 is 0 Å². The Morgan fingerprint density at radius 3 is 2.38 bits per heavy atom. The van der Waals surface area contributed by atoms with Gasteiger partial charge in [-0.3, -0.25) is 0 Å². The van der Waals surface area contributed by atoms with Crippen molar-refractivity contribution >= 4 is 11.9 Å². The molecule has 1 aromatic rings. The number of esters is 2. The number of pyridine rings is 1. The molecule has 0 amide bonds. The number of hydrogen-bond acceptors (Lipinski definition) is 7. The highest BCUT2D eigenvalue weighted by Gasteiger charge is 2.39. The minimum Gasteiger partial charge on any atom is -0.619 e. The number of aliphatic hydroxyl groups is 1. The molecular formula is C18H22N2O6. The normalized spacial score (nSPS) is 17.0. The SMILES string of the molecule is CCOC(=O)C1=C(C)NC(CO)=C(C(=O)OCC)C1c1ccc[n+]([O-])c1. The number of carbonyl (C=O) groups excluding carboxylic acids is 2. The van der Waals surface area contributed by atoms with Crippen LogP contribution in [0.1, 0.15) is 32.3 Å². The minimum absolute atomic E-state index is 0.0780. The summed E-state index contributed by atoms with van der Waals surface area (Å²) in [7, 11) is 0. The van der Waals surface area contributed by atoms with Crippen LogP contribution >= 0.6 is 0 Å². The van der Waals surface area contributed by atoms with Crippen LogP contribution in [0.4, 0.5) is 0 Å². The van der Waals surface area contributed by atoms with Gasteiger partial charge in [-0.15, -0.1) is 0 Å². The van der Waals surface area contributed by atoms with Crippen LogP contribution in [0, 0.1) is 5.21 Å². The van der Waals surface area contributed by atoms with Crippen molar-refractivity contribution < 1.29 is 28.9 Å². The number of carbonyl (C=O) groups is 2. The lowest BCUT2D eigenvalue weighted by atomic mass is 9.81. The molecule has 0 bridgehead atoms. The Labute approximate surface area is 151 Å². The largest absolute Gasteiger partial charge is 0.619 e. The van der Waals surface area contributed by atoms with E-state index in [1.54, 1.807) is 26.8 Å². The lowest BCUT2D eigenvalue weighted by molar-refractivity contribution is -0.605. The molecule has 0 saturated carbocycles. The lowest BCUT2D eigenvalue weighted by Gasteiger charge is -2.30. The predicted molar refractivity (Wildman–Crippen MR) is 91.4 cm³/mol. The molecule has 0 saturated heterocycles. The fourth-order valence-corrected chi connectivity index (χ4v) is 2.93. The van der Waals surface area contributed by atoms with Crippen molar-refractivity contribution in [3.05, 3.63) is 57.8 Å². The average molecular weight is 362 g/mol. The summed E-state index contributed by atoms with van der Waals surface area (Å²) in [6.07, 6.45) is 2.57. The lowest BCUT2D eigenvalue weighted by Crippen LogP contribution is -2.35. The van der Waals surface area contributed by atoms with Gasteiger partial charge >= 0.3 is 11.9 Å². The monoisotopic (exact) mass is 362 g/mol. The number of dihydropyridines is 1. The van der Waals surface area contributed by atoms with E-state index in [2.05, 4.69) is 5.32 Å². The Kier molecular flexibility index (Phi) is 6.35. The van der Waals surface area contributed by atoms with Gasteiger partial charge in [0.05, 0.1) is 42.6 Å². The van der Waals surface area contributed by atoms with Crippen molar-refractivity contribution in [3.63, 3.8) is 0 Å². The van der Waals surface area contributed by atoms with E-state index in [1.165, 1.54) is 18.5 Å². The van der Waals surface area contributed by atoms with E-state index in [9.17, 15) is 19.9 Å². The second-order valence-corrected chi connectivity index (χ2v) is 5.59. The minimum atomic E-state index is -0.891. The summed E-state index contributed by atoms with van der Waals surface area (Å²) in [6, 6.07) is 3.15. The zero-order valence-electron chi connectivity index (χ0n) is 14.9. The second-order valence-electron chi connectivity index (χ2n) is 5.59. The Morgan fingerprint density at radius 2 is 1.85 bits per heavy atom. The number of nitrogens with one attached hydrogen (secondary N) is 1. The van der Waals surface area contributed by atoms with Crippen LogP contribution in [0.3, 0.4) is 0 Å². The molecule has 1 aromatic heterocycles. The summed E-state index contributed by atoms with van der Waals surface area (Å²) >= 11 is 0. The van der Waals surface area contributed by atoms with Crippen molar-refractivity contribution in [2.24, 2.45) is 0 Å². The molecule has 140 valence electrons. The van der Waals surface area contributed by atoms with E-state index in [0.717, 1.165) is 0 Å². The summed E-state index contributed by atoms with van der Waals surface area (Å²) in [5.74, 6) is -2.18. The molecule has 0 radical (unpaired) electrons. The van der Waals surface area contributed by atoms with Gasteiger partial charge in [-0.05, 0) is 26.8 Å². The highest BCUT2D eigenvalue weighted by Crippen LogP contribution is 2.38. The van der Waals surface area contributed by atoms with Gasteiger partial charge in [-0.2, -0.15) is 4.73 Å². The zero-order chi connectivity index (χ0) is 19.3. The molecule has 2 N–H and O–H groups in total. The third-order valence-corrected chi connectivity index (χ3v) is 3.92. The van der Waals surface area contributed by atoms with E-state index < -0.39 is 24.5 Å². The molecule has 1 aliphatic rings. The average Bonchev–Trinajstić information content (AvgIpc) is 2.60. The summed E-state index contributed by atoms with van der Waals surface area (Å²) in [6.45, 7) is 4.80. The van der Waals surface area contributed by atoms with Crippen LogP contribution in [0.25, 0.3) is 0 Å². The quantitative estimate of drug-likeness (QED) is 0.434. The smallest absolute Gasteiger partial charge is 0.336 e. The third-order valence-electron chi connectivity index (χ3n) is 3.92. The van der Waals surface area contributed by atoms with E-state index in [-0.39, 0.29) is 30.1 Å². The molecule has 8 heteroatoms. The van der Waals surface area contributed by atoms with Crippen LogP contribution < -0.4 is 10.0 Å². The predicted octanol–water partition coefficient (Wildman–Crippen LogP) is 0.653. The molecule has 0 fully saturated rings. The molecule has 8 nitrogen and oxygen atoms in total. The van der Waals surface area contributed by atoms with Crippen LogP contribution in [0.5, 0.6) is 0 Å². The Hall–Kier alpha value is -2.87. The van der Waals surface area contributed by atoms with Crippen LogP contribution in [0.2, 0.25) is 0 Å². The van der Waals surface area contributed by atoms with Gasteiger partial charge in [-0.1, -0.05) is 0 Å². The molecule has 2 heterocycles. The van der Waals surface area contributed by atoms with Crippen LogP contribution in [-0.4, -0.2) is 36.9 Å². The van der Waals surface area contributed by atoms with Gasteiger partial charge < -0.3 is 25.1 Å². The Bertz CT molecular complexity index is 769. The first-order chi connectivity index (χ1) is 12.4. The third kappa shape index (κ3) is 3.85. The molecule has 26 heavy (non-hydrogen) atoms. The van der Waals surface area contributed by atoms with E-state index in [0.29, 0.717) is 16.0 Å². The summed E-state index contributed by atoms with van der Waals surface area (Å²) < 4.78 is 10.8. The van der Waals surface area contributed by atoms with Crippen molar-refractivity contribution in [2.75, 3.05) is 19.8 Å². The topological polar surface area (TPSA) is 112 Å². The first kappa shape index (κ1) is 19.5. The molecule has 0 aliphatic carbocycles. The molecule has 1 atom stereocenters. The number of rotatable bonds is 6. The van der Waals surface area contributed by atoms with Crippen molar-refractivity contribution in [2.45, 2.75) is 26.7 Å². The van der Waals surface area contributed by atoms with Crippen molar-refractivity contribution in [1.29, 1.82) is 0 Å². The number of aliphatic hydroxyl groups excluding tert-OH is 1. The van der Waals surface area contributed by atoms with Crippen molar-refractivity contribution in [3.8, 4) is 0 Å². The van der Waals surface area contributed by atoms with Gasteiger partial charge in [0, 0.05) is 17.3 Å². The van der Waals surface area contributed by atoms with Crippen LogP contribution in [-0.2, 0) is 19.1 Å².